The molecule has 1 aliphatic carbocycles. The van der Waals surface area contributed by atoms with Gasteiger partial charge in [-0.05, 0) is 64.0 Å². The van der Waals surface area contributed by atoms with Crippen molar-refractivity contribution in [3.63, 3.8) is 0 Å². The van der Waals surface area contributed by atoms with E-state index in [1.54, 1.807) is 0 Å². The minimum atomic E-state index is 0.414. The summed E-state index contributed by atoms with van der Waals surface area (Å²) in [5.74, 6) is 1.23. The number of carbonyl (C=O) groups excluding carboxylic acids is 1. The first-order valence-electron chi connectivity index (χ1n) is 7.85. The van der Waals surface area contributed by atoms with E-state index in [-0.39, 0.29) is 0 Å². The highest BCUT2D eigenvalue weighted by molar-refractivity contribution is 5.76. The highest BCUT2D eigenvalue weighted by Crippen LogP contribution is 2.32. The molecule has 18 heavy (non-hydrogen) atoms. The van der Waals surface area contributed by atoms with Crippen LogP contribution in [0.1, 0.15) is 51.4 Å². The number of rotatable bonds is 4. The van der Waals surface area contributed by atoms with Crippen molar-refractivity contribution in [1.82, 2.24) is 9.80 Å². The van der Waals surface area contributed by atoms with E-state index in [4.69, 9.17) is 0 Å². The Morgan fingerprint density at radius 1 is 0.944 bits per heavy atom. The molecule has 2 saturated heterocycles. The second kappa shape index (κ2) is 5.60. The quantitative estimate of drug-likeness (QED) is 0.764. The van der Waals surface area contributed by atoms with Gasteiger partial charge in [0.15, 0.2) is 0 Å². The molecule has 0 bridgehead atoms. The molecule has 0 aromatic rings. The van der Waals surface area contributed by atoms with Gasteiger partial charge in [-0.1, -0.05) is 0 Å². The van der Waals surface area contributed by atoms with Gasteiger partial charge < -0.3 is 9.80 Å². The lowest BCUT2D eigenvalue weighted by Gasteiger charge is -2.32. The van der Waals surface area contributed by atoms with Gasteiger partial charge in [-0.15, -0.1) is 0 Å². The zero-order chi connectivity index (χ0) is 12.4. The van der Waals surface area contributed by atoms with Crippen LogP contribution in [0.15, 0.2) is 0 Å². The van der Waals surface area contributed by atoms with E-state index < -0.39 is 0 Å². The maximum absolute atomic E-state index is 12.0. The number of amides is 1. The maximum Gasteiger partial charge on any atom is 0.222 e. The zero-order valence-corrected chi connectivity index (χ0v) is 11.4. The fraction of sp³-hybridized carbons (Fsp3) is 0.933. The topological polar surface area (TPSA) is 23.6 Å². The molecule has 3 heteroatoms. The van der Waals surface area contributed by atoms with Crippen molar-refractivity contribution in [2.45, 2.75) is 57.4 Å². The molecule has 0 unspecified atom stereocenters. The summed E-state index contributed by atoms with van der Waals surface area (Å²) in [5.41, 5.74) is 0. The van der Waals surface area contributed by atoms with E-state index in [0.717, 1.165) is 37.9 Å². The molecule has 0 N–H and O–H groups in total. The number of carbonyl (C=O) groups is 1. The summed E-state index contributed by atoms with van der Waals surface area (Å²) in [7, 11) is 0. The third-order valence-electron chi connectivity index (χ3n) is 4.94. The van der Waals surface area contributed by atoms with Crippen molar-refractivity contribution in [1.29, 1.82) is 0 Å². The Hall–Kier alpha value is -0.570. The summed E-state index contributed by atoms with van der Waals surface area (Å²) in [4.78, 5) is 16.7. The van der Waals surface area contributed by atoms with Crippen LogP contribution in [0.5, 0.6) is 0 Å². The average molecular weight is 250 g/mol. The molecule has 0 atom stereocenters. The largest absolute Gasteiger partial charge is 0.343 e. The van der Waals surface area contributed by atoms with E-state index in [1.165, 1.54) is 51.6 Å². The van der Waals surface area contributed by atoms with Gasteiger partial charge in [-0.3, -0.25) is 4.79 Å². The van der Waals surface area contributed by atoms with Crippen molar-refractivity contribution in [3.05, 3.63) is 0 Å². The standard InChI is InChI=1S/C15H26N2O/c18-15(17-9-1-2-10-17)6-3-13-7-11-16(12-8-13)14-4-5-14/h13-14H,1-12H2. The van der Waals surface area contributed by atoms with Crippen LogP contribution in [0.2, 0.25) is 0 Å². The van der Waals surface area contributed by atoms with Crippen LogP contribution in [-0.4, -0.2) is 47.9 Å². The molecule has 3 aliphatic rings. The Morgan fingerprint density at radius 2 is 1.61 bits per heavy atom. The van der Waals surface area contributed by atoms with Gasteiger partial charge in [-0.2, -0.15) is 0 Å². The predicted molar refractivity (Wildman–Crippen MR) is 72.4 cm³/mol. The van der Waals surface area contributed by atoms with E-state index in [2.05, 4.69) is 9.80 Å². The van der Waals surface area contributed by atoms with E-state index >= 15 is 0 Å². The number of hydrogen-bond acceptors (Lipinski definition) is 2. The Bertz CT molecular complexity index is 287. The summed E-state index contributed by atoms with van der Waals surface area (Å²) >= 11 is 0. The van der Waals surface area contributed by atoms with Crippen LogP contribution in [0.25, 0.3) is 0 Å². The third kappa shape index (κ3) is 3.05. The van der Waals surface area contributed by atoms with Crippen molar-refractivity contribution in [3.8, 4) is 0 Å². The molecule has 2 aliphatic heterocycles. The maximum atomic E-state index is 12.0. The van der Waals surface area contributed by atoms with E-state index in [1.807, 2.05) is 0 Å². The molecule has 2 heterocycles. The zero-order valence-electron chi connectivity index (χ0n) is 11.4. The molecular formula is C15H26N2O. The number of piperidine rings is 1. The first kappa shape index (κ1) is 12.5. The Balaban J connectivity index is 1.34. The van der Waals surface area contributed by atoms with Crippen LogP contribution in [-0.2, 0) is 4.79 Å². The van der Waals surface area contributed by atoms with Crippen LogP contribution in [0, 0.1) is 5.92 Å². The second-order valence-corrected chi connectivity index (χ2v) is 6.34. The normalized spacial score (nSPS) is 26.8. The number of nitrogens with zero attached hydrogens (tertiary/aromatic N) is 2. The third-order valence-corrected chi connectivity index (χ3v) is 4.94. The molecule has 0 aromatic carbocycles. The summed E-state index contributed by atoms with van der Waals surface area (Å²) in [6.07, 6.45) is 9.86. The van der Waals surface area contributed by atoms with Crippen molar-refractivity contribution in [2.24, 2.45) is 5.92 Å². The molecule has 1 saturated carbocycles. The SMILES string of the molecule is O=C(CCC1CCN(C2CC2)CC1)N1CCCC1. The minimum Gasteiger partial charge on any atom is -0.343 e. The van der Waals surface area contributed by atoms with Gasteiger partial charge in [-0.25, -0.2) is 0 Å². The van der Waals surface area contributed by atoms with Crippen molar-refractivity contribution < 1.29 is 4.79 Å². The van der Waals surface area contributed by atoms with Crippen LogP contribution < -0.4 is 0 Å². The lowest BCUT2D eigenvalue weighted by Crippen LogP contribution is -2.35. The summed E-state index contributed by atoms with van der Waals surface area (Å²) < 4.78 is 0. The average Bonchev–Trinajstić information content (AvgIpc) is 3.11. The predicted octanol–water partition coefficient (Wildman–Crippen LogP) is 2.26. The second-order valence-electron chi connectivity index (χ2n) is 6.34. The smallest absolute Gasteiger partial charge is 0.222 e. The van der Waals surface area contributed by atoms with Gasteiger partial charge in [0.2, 0.25) is 5.91 Å². The van der Waals surface area contributed by atoms with Crippen molar-refractivity contribution >= 4 is 5.91 Å². The Kier molecular flexibility index (Phi) is 3.88. The van der Waals surface area contributed by atoms with E-state index in [9.17, 15) is 4.79 Å². The van der Waals surface area contributed by atoms with Crippen LogP contribution in [0.4, 0.5) is 0 Å². The molecule has 1 amide bonds. The molecular weight excluding hydrogens is 224 g/mol. The molecule has 102 valence electrons. The summed E-state index contributed by atoms with van der Waals surface area (Å²) in [5, 5.41) is 0. The highest BCUT2D eigenvalue weighted by atomic mass is 16.2. The number of likely N-dealkylation sites (tertiary alicyclic amines) is 2. The monoisotopic (exact) mass is 250 g/mol. The summed E-state index contributed by atoms with van der Waals surface area (Å²) in [6.45, 7) is 4.60. The van der Waals surface area contributed by atoms with Gasteiger partial charge in [0, 0.05) is 25.6 Å². The fourth-order valence-corrected chi connectivity index (χ4v) is 3.50. The van der Waals surface area contributed by atoms with Gasteiger partial charge >= 0.3 is 0 Å². The Labute approximate surface area is 111 Å². The van der Waals surface area contributed by atoms with Crippen molar-refractivity contribution in [2.75, 3.05) is 26.2 Å². The van der Waals surface area contributed by atoms with Gasteiger partial charge in [0.05, 0.1) is 0 Å². The fourth-order valence-electron chi connectivity index (χ4n) is 3.50. The van der Waals surface area contributed by atoms with Crippen LogP contribution >= 0.6 is 0 Å². The first-order valence-corrected chi connectivity index (χ1v) is 7.85. The van der Waals surface area contributed by atoms with Gasteiger partial charge in [0.1, 0.15) is 0 Å². The first-order chi connectivity index (χ1) is 8.83. The molecule has 3 fully saturated rings. The molecule has 0 spiro atoms. The van der Waals surface area contributed by atoms with Crippen LogP contribution in [0.3, 0.4) is 0 Å². The molecule has 0 radical (unpaired) electrons. The molecule has 3 nitrogen and oxygen atoms in total. The molecule has 0 aromatic heterocycles. The van der Waals surface area contributed by atoms with E-state index in [0.29, 0.717) is 5.91 Å². The number of hydrogen-bond donors (Lipinski definition) is 0. The lowest BCUT2D eigenvalue weighted by atomic mass is 9.92. The minimum absolute atomic E-state index is 0.414. The highest BCUT2D eigenvalue weighted by Gasteiger charge is 2.31. The molecule has 3 rings (SSSR count). The lowest BCUT2D eigenvalue weighted by molar-refractivity contribution is -0.130. The van der Waals surface area contributed by atoms with Gasteiger partial charge in [0.25, 0.3) is 0 Å². The Morgan fingerprint density at radius 3 is 2.22 bits per heavy atom. The summed E-state index contributed by atoms with van der Waals surface area (Å²) in [6, 6.07) is 0.928.